The Labute approximate surface area is 92.9 Å². The largest absolute Gasteiger partial charge is 0.478 e. The molecule has 0 aliphatic heterocycles. The summed E-state index contributed by atoms with van der Waals surface area (Å²) < 4.78 is 0. The molecule has 0 unspecified atom stereocenters. The first-order valence-electron chi connectivity index (χ1n) is 5.09. The average Bonchev–Trinajstić information content (AvgIpc) is 2.28. The van der Waals surface area contributed by atoms with E-state index in [9.17, 15) is 4.79 Å². The quantitative estimate of drug-likeness (QED) is 0.826. The maximum atomic E-state index is 11.1. The number of aromatic nitrogens is 1. The van der Waals surface area contributed by atoms with E-state index in [1.54, 1.807) is 6.07 Å². The standard InChI is InChI=1S/C12H12N2O2/c1-2-13-11-9(12(15)16)7-8-5-3-4-6-10(8)14-11/h3-7H,2H2,1H3,(H,13,14)(H,15,16). The molecule has 0 aliphatic rings. The van der Waals surface area contributed by atoms with Crippen LogP contribution < -0.4 is 5.32 Å². The maximum Gasteiger partial charge on any atom is 0.339 e. The fourth-order valence-corrected chi connectivity index (χ4v) is 1.58. The zero-order valence-corrected chi connectivity index (χ0v) is 8.90. The zero-order chi connectivity index (χ0) is 11.5. The minimum atomic E-state index is -0.964. The van der Waals surface area contributed by atoms with Gasteiger partial charge in [-0.15, -0.1) is 0 Å². The number of para-hydroxylation sites is 1. The number of carboxylic acid groups (broad SMARTS) is 1. The van der Waals surface area contributed by atoms with Crippen molar-refractivity contribution < 1.29 is 9.90 Å². The van der Waals surface area contributed by atoms with E-state index in [1.165, 1.54) is 0 Å². The Morgan fingerprint density at radius 2 is 2.19 bits per heavy atom. The topological polar surface area (TPSA) is 62.2 Å². The van der Waals surface area contributed by atoms with Crippen molar-refractivity contribution in [2.45, 2.75) is 6.92 Å². The third-order valence-corrected chi connectivity index (χ3v) is 2.30. The van der Waals surface area contributed by atoms with Crippen molar-refractivity contribution in [3.8, 4) is 0 Å². The number of benzene rings is 1. The minimum Gasteiger partial charge on any atom is -0.478 e. The lowest BCUT2D eigenvalue weighted by atomic mass is 10.1. The summed E-state index contributed by atoms with van der Waals surface area (Å²) in [5.41, 5.74) is 1.00. The Kier molecular flexibility index (Phi) is 2.72. The number of rotatable bonds is 3. The molecule has 0 saturated carbocycles. The molecule has 0 atom stereocenters. The highest BCUT2D eigenvalue weighted by atomic mass is 16.4. The average molecular weight is 216 g/mol. The van der Waals surface area contributed by atoms with Gasteiger partial charge in [0.1, 0.15) is 11.4 Å². The Morgan fingerprint density at radius 3 is 2.88 bits per heavy atom. The number of carboxylic acids is 1. The molecule has 0 saturated heterocycles. The summed E-state index contributed by atoms with van der Waals surface area (Å²) in [6.07, 6.45) is 0. The van der Waals surface area contributed by atoms with Gasteiger partial charge in [-0.25, -0.2) is 9.78 Å². The number of nitrogens with zero attached hydrogens (tertiary/aromatic N) is 1. The molecule has 1 aromatic carbocycles. The summed E-state index contributed by atoms with van der Waals surface area (Å²) in [5.74, 6) is -0.539. The van der Waals surface area contributed by atoms with Crippen molar-refractivity contribution in [1.29, 1.82) is 0 Å². The number of carbonyl (C=O) groups is 1. The van der Waals surface area contributed by atoms with Crippen LogP contribution in [0.3, 0.4) is 0 Å². The number of fused-ring (bicyclic) bond motifs is 1. The molecule has 16 heavy (non-hydrogen) atoms. The van der Waals surface area contributed by atoms with E-state index < -0.39 is 5.97 Å². The van der Waals surface area contributed by atoms with Gasteiger partial charge >= 0.3 is 5.97 Å². The lowest BCUT2D eigenvalue weighted by Gasteiger charge is -2.08. The van der Waals surface area contributed by atoms with Crippen molar-refractivity contribution in [3.63, 3.8) is 0 Å². The molecular weight excluding hydrogens is 204 g/mol. The molecule has 2 N–H and O–H groups in total. The van der Waals surface area contributed by atoms with E-state index in [0.717, 1.165) is 10.9 Å². The predicted molar refractivity (Wildman–Crippen MR) is 62.9 cm³/mol. The predicted octanol–water partition coefficient (Wildman–Crippen LogP) is 2.36. The molecule has 0 fully saturated rings. The molecule has 0 amide bonds. The van der Waals surface area contributed by atoms with Crippen LogP contribution in [0.2, 0.25) is 0 Å². The number of aromatic carboxylic acids is 1. The van der Waals surface area contributed by atoms with Gasteiger partial charge in [-0.3, -0.25) is 0 Å². The van der Waals surface area contributed by atoms with Gasteiger partial charge in [0.15, 0.2) is 0 Å². The Bertz CT molecular complexity index is 538. The minimum absolute atomic E-state index is 0.209. The lowest BCUT2D eigenvalue weighted by Crippen LogP contribution is -2.07. The van der Waals surface area contributed by atoms with Crippen LogP contribution in [0, 0.1) is 0 Å². The normalized spacial score (nSPS) is 10.3. The van der Waals surface area contributed by atoms with Crippen LogP contribution in [0.1, 0.15) is 17.3 Å². The zero-order valence-electron chi connectivity index (χ0n) is 8.90. The van der Waals surface area contributed by atoms with Gasteiger partial charge in [-0.1, -0.05) is 18.2 Å². The SMILES string of the molecule is CCNc1nc2ccccc2cc1C(=O)O. The summed E-state index contributed by atoms with van der Waals surface area (Å²) in [6.45, 7) is 2.55. The van der Waals surface area contributed by atoms with E-state index in [0.29, 0.717) is 12.4 Å². The number of hydrogen-bond acceptors (Lipinski definition) is 3. The molecule has 0 spiro atoms. The highest BCUT2D eigenvalue weighted by Gasteiger charge is 2.12. The molecule has 4 heteroatoms. The fraction of sp³-hybridized carbons (Fsp3) is 0.167. The van der Waals surface area contributed by atoms with Gasteiger partial charge in [0.25, 0.3) is 0 Å². The number of hydrogen-bond donors (Lipinski definition) is 2. The molecule has 0 radical (unpaired) electrons. The third-order valence-electron chi connectivity index (χ3n) is 2.30. The molecule has 82 valence electrons. The first kappa shape index (κ1) is 10.4. The Balaban J connectivity index is 2.65. The van der Waals surface area contributed by atoms with Crippen molar-refractivity contribution >= 4 is 22.7 Å². The van der Waals surface area contributed by atoms with Gasteiger partial charge in [0.05, 0.1) is 5.52 Å². The summed E-state index contributed by atoms with van der Waals surface area (Å²) in [4.78, 5) is 15.4. The van der Waals surface area contributed by atoms with Crippen LogP contribution in [-0.2, 0) is 0 Å². The summed E-state index contributed by atoms with van der Waals surface area (Å²) in [5, 5.41) is 12.9. The maximum absolute atomic E-state index is 11.1. The van der Waals surface area contributed by atoms with Gasteiger partial charge in [-0.05, 0) is 19.1 Å². The van der Waals surface area contributed by atoms with Crippen molar-refractivity contribution in [3.05, 3.63) is 35.9 Å². The second-order valence-electron chi connectivity index (χ2n) is 3.41. The van der Waals surface area contributed by atoms with Gasteiger partial charge in [0, 0.05) is 11.9 Å². The van der Waals surface area contributed by atoms with E-state index in [2.05, 4.69) is 10.3 Å². The van der Waals surface area contributed by atoms with Crippen LogP contribution in [0.4, 0.5) is 5.82 Å². The van der Waals surface area contributed by atoms with Gasteiger partial charge < -0.3 is 10.4 Å². The molecule has 0 aliphatic carbocycles. The summed E-state index contributed by atoms with van der Waals surface area (Å²) >= 11 is 0. The molecule has 0 bridgehead atoms. The second-order valence-corrected chi connectivity index (χ2v) is 3.41. The molecule has 2 aromatic rings. The molecule has 4 nitrogen and oxygen atoms in total. The Hall–Kier alpha value is -2.10. The Morgan fingerprint density at radius 1 is 1.44 bits per heavy atom. The van der Waals surface area contributed by atoms with E-state index in [1.807, 2.05) is 31.2 Å². The van der Waals surface area contributed by atoms with E-state index in [-0.39, 0.29) is 5.56 Å². The van der Waals surface area contributed by atoms with Crippen molar-refractivity contribution in [2.24, 2.45) is 0 Å². The van der Waals surface area contributed by atoms with Crippen LogP contribution in [0.25, 0.3) is 10.9 Å². The highest BCUT2D eigenvalue weighted by Crippen LogP contribution is 2.20. The van der Waals surface area contributed by atoms with Crippen LogP contribution in [0.15, 0.2) is 30.3 Å². The molecule has 1 aromatic heterocycles. The van der Waals surface area contributed by atoms with Crippen LogP contribution in [0.5, 0.6) is 0 Å². The van der Waals surface area contributed by atoms with Crippen molar-refractivity contribution in [2.75, 3.05) is 11.9 Å². The molecular formula is C12H12N2O2. The summed E-state index contributed by atoms with van der Waals surface area (Å²) in [7, 11) is 0. The number of pyridine rings is 1. The van der Waals surface area contributed by atoms with Crippen molar-refractivity contribution in [1.82, 2.24) is 4.98 Å². The lowest BCUT2D eigenvalue weighted by molar-refractivity contribution is 0.0698. The van der Waals surface area contributed by atoms with Crippen LogP contribution >= 0.6 is 0 Å². The first-order valence-corrected chi connectivity index (χ1v) is 5.09. The fourth-order valence-electron chi connectivity index (χ4n) is 1.58. The molecule has 1 heterocycles. The smallest absolute Gasteiger partial charge is 0.339 e. The monoisotopic (exact) mass is 216 g/mol. The first-order chi connectivity index (χ1) is 7.72. The van der Waals surface area contributed by atoms with E-state index in [4.69, 9.17) is 5.11 Å². The number of anilines is 1. The third kappa shape index (κ3) is 1.82. The van der Waals surface area contributed by atoms with E-state index >= 15 is 0 Å². The second kappa shape index (κ2) is 4.18. The highest BCUT2D eigenvalue weighted by molar-refractivity contribution is 5.98. The van der Waals surface area contributed by atoms with Crippen LogP contribution in [-0.4, -0.2) is 22.6 Å². The summed E-state index contributed by atoms with van der Waals surface area (Å²) in [6, 6.07) is 9.10. The van der Waals surface area contributed by atoms with Gasteiger partial charge in [-0.2, -0.15) is 0 Å². The number of nitrogens with one attached hydrogen (secondary N) is 1. The molecule has 2 rings (SSSR count). The van der Waals surface area contributed by atoms with Gasteiger partial charge in [0.2, 0.25) is 0 Å².